The van der Waals surface area contributed by atoms with Gasteiger partial charge in [0, 0.05) is 18.5 Å². The lowest BCUT2D eigenvalue weighted by Gasteiger charge is -2.26. The first-order chi connectivity index (χ1) is 13.0. The van der Waals surface area contributed by atoms with Crippen LogP contribution in [0.3, 0.4) is 0 Å². The highest BCUT2D eigenvalue weighted by atomic mass is 19.1. The molecule has 3 N–H and O–H groups in total. The van der Waals surface area contributed by atoms with E-state index in [4.69, 9.17) is 0 Å². The zero-order valence-electron chi connectivity index (χ0n) is 14.0. The van der Waals surface area contributed by atoms with E-state index in [1.165, 1.54) is 35.0 Å². The maximum absolute atomic E-state index is 14.4. The molecule has 136 valence electrons. The molecule has 0 spiro atoms. The molecule has 1 aromatic heterocycles. The number of para-hydroxylation sites is 1. The number of halogens is 1. The minimum Gasteiger partial charge on any atom is -0.508 e. The van der Waals surface area contributed by atoms with Gasteiger partial charge in [0.1, 0.15) is 17.1 Å². The number of aromatic hydroxyl groups is 1. The molecule has 0 bridgehead atoms. The van der Waals surface area contributed by atoms with E-state index in [-0.39, 0.29) is 35.0 Å². The second-order valence-corrected chi connectivity index (χ2v) is 6.33. The van der Waals surface area contributed by atoms with Crippen LogP contribution >= 0.6 is 0 Å². The van der Waals surface area contributed by atoms with E-state index in [9.17, 15) is 24.2 Å². The number of nitrogens with zero attached hydrogens (tertiary/aromatic N) is 1. The number of fused-ring (bicyclic) bond motifs is 1. The first-order valence-electron chi connectivity index (χ1n) is 8.28. The molecule has 0 fully saturated rings. The van der Waals surface area contributed by atoms with Crippen molar-refractivity contribution in [2.75, 3.05) is 5.32 Å². The van der Waals surface area contributed by atoms with Crippen molar-refractivity contribution in [2.24, 2.45) is 0 Å². The third kappa shape index (κ3) is 2.83. The van der Waals surface area contributed by atoms with E-state index < -0.39 is 17.7 Å². The Morgan fingerprint density at radius 2 is 1.96 bits per heavy atom. The molecule has 1 aliphatic heterocycles. The summed E-state index contributed by atoms with van der Waals surface area (Å²) in [5.41, 5.74) is 1.31. The number of phenols is 1. The minimum atomic E-state index is -1.22. The maximum Gasteiger partial charge on any atom is 0.339 e. The second kappa shape index (κ2) is 6.28. The van der Waals surface area contributed by atoms with Crippen LogP contribution in [0.5, 0.6) is 5.75 Å². The van der Waals surface area contributed by atoms with Crippen LogP contribution in [0.2, 0.25) is 0 Å². The Kier molecular flexibility index (Phi) is 3.92. The molecule has 0 aliphatic carbocycles. The lowest BCUT2D eigenvalue weighted by atomic mass is 9.88. The molecular weight excluding hydrogens is 351 g/mol. The zero-order valence-corrected chi connectivity index (χ0v) is 14.0. The number of hydrogen-bond donors (Lipinski definition) is 3. The normalized spacial score (nSPS) is 15.9. The third-order valence-corrected chi connectivity index (χ3v) is 4.64. The average molecular weight is 366 g/mol. The molecule has 1 amide bonds. The largest absolute Gasteiger partial charge is 0.508 e. The number of carboxylic acids is 1. The number of rotatable bonds is 3. The predicted octanol–water partition coefficient (Wildman–Crippen LogP) is 3.49. The molecule has 2 aromatic carbocycles. The number of hydrogen-bond acceptors (Lipinski definition) is 3. The molecule has 0 saturated carbocycles. The number of carboxylic acid groups (broad SMARTS) is 1. The number of aromatic nitrogens is 1. The highest BCUT2D eigenvalue weighted by Gasteiger charge is 2.34. The number of nitrogens with one attached hydrogen (secondary N) is 1. The smallest absolute Gasteiger partial charge is 0.339 e. The van der Waals surface area contributed by atoms with E-state index in [2.05, 4.69) is 5.32 Å². The third-order valence-electron chi connectivity index (χ3n) is 4.64. The number of phenolic OH excluding ortho intramolecular Hbond substituents is 1. The minimum absolute atomic E-state index is 0.0301. The lowest BCUT2D eigenvalue weighted by molar-refractivity contribution is -0.116. The SMILES string of the molecule is O=C1C[C@H](c2cccc(O)c2)c2c(c(C(=O)O)cn2-c2ccccc2F)N1. The maximum atomic E-state index is 14.4. The van der Waals surface area contributed by atoms with Crippen LogP contribution in [0, 0.1) is 5.82 Å². The van der Waals surface area contributed by atoms with E-state index in [1.807, 2.05) is 0 Å². The topological polar surface area (TPSA) is 91.6 Å². The summed E-state index contributed by atoms with van der Waals surface area (Å²) in [5, 5.41) is 22.0. The van der Waals surface area contributed by atoms with E-state index in [1.54, 1.807) is 24.3 Å². The number of benzene rings is 2. The standard InChI is InChI=1S/C20H15FN2O4/c21-15-6-1-2-7-16(15)23-10-14(20(26)27)18-19(23)13(9-17(25)22-18)11-4-3-5-12(24)8-11/h1-8,10,13,24H,9H2,(H,22,25)(H,26,27)/t13-/m1/s1. The van der Waals surface area contributed by atoms with Gasteiger partial charge in [-0.3, -0.25) is 4.79 Å². The van der Waals surface area contributed by atoms with Crippen LogP contribution in [-0.2, 0) is 4.79 Å². The van der Waals surface area contributed by atoms with Gasteiger partial charge in [0.15, 0.2) is 0 Å². The van der Waals surface area contributed by atoms with Crippen LogP contribution in [0.1, 0.15) is 34.0 Å². The Labute approximate surface area is 153 Å². The summed E-state index contributed by atoms with van der Waals surface area (Å²) >= 11 is 0. The quantitative estimate of drug-likeness (QED) is 0.662. The molecule has 3 aromatic rings. The zero-order chi connectivity index (χ0) is 19.1. The van der Waals surface area contributed by atoms with Gasteiger partial charge in [-0.1, -0.05) is 24.3 Å². The van der Waals surface area contributed by atoms with Crippen molar-refractivity contribution in [2.45, 2.75) is 12.3 Å². The van der Waals surface area contributed by atoms with Crippen LogP contribution in [0.25, 0.3) is 5.69 Å². The highest BCUT2D eigenvalue weighted by molar-refractivity contribution is 6.04. The van der Waals surface area contributed by atoms with Gasteiger partial charge in [0.25, 0.3) is 0 Å². The van der Waals surface area contributed by atoms with Crippen LogP contribution in [-0.4, -0.2) is 26.7 Å². The van der Waals surface area contributed by atoms with Gasteiger partial charge in [0.05, 0.1) is 17.1 Å². The molecular formula is C20H15FN2O4. The lowest BCUT2D eigenvalue weighted by Crippen LogP contribution is -2.25. The Morgan fingerprint density at radius 3 is 2.67 bits per heavy atom. The number of aromatic carboxylic acids is 1. The molecule has 6 nitrogen and oxygen atoms in total. The summed E-state index contributed by atoms with van der Waals surface area (Å²) in [6, 6.07) is 12.4. The summed E-state index contributed by atoms with van der Waals surface area (Å²) in [7, 11) is 0. The molecule has 4 rings (SSSR count). The van der Waals surface area contributed by atoms with Gasteiger partial charge >= 0.3 is 5.97 Å². The summed E-state index contributed by atoms with van der Waals surface area (Å²) < 4.78 is 15.9. The predicted molar refractivity (Wildman–Crippen MR) is 95.9 cm³/mol. The van der Waals surface area contributed by atoms with Crippen molar-refractivity contribution in [1.82, 2.24) is 4.57 Å². The fraction of sp³-hybridized carbons (Fsp3) is 0.100. The monoisotopic (exact) mass is 366 g/mol. The average Bonchev–Trinajstić information content (AvgIpc) is 3.01. The summed E-state index contributed by atoms with van der Waals surface area (Å²) in [6.45, 7) is 0. The van der Waals surface area contributed by atoms with Gasteiger partial charge in [-0.25, -0.2) is 9.18 Å². The number of amides is 1. The number of carbonyl (C=O) groups is 2. The summed E-state index contributed by atoms with van der Waals surface area (Å²) in [5.74, 6) is -2.59. The Morgan fingerprint density at radius 1 is 1.19 bits per heavy atom. The van der Waals surface area contributed by atoms with Gasteiger partial charge < -0.3 is 20.1 Å². The number of anilines is 1. The molecule has 1 aliphatic rings. The summed E-state index contributed by atoms with van der Waals surface area (Å²) in [4.78, 5) is 23.9. The van der Waals surface area contributed by atoms with Crippen LogP contribution in [0.15, 0.2) is 54.7 Å². The van der Waals surface area contributed by atoms with Gasteiger partial charge in [-0.2, -0.15) is 0 Å². The van der Waals surface area contributed by atoms with Crippen LogP contribution < -0.4 is 5.32 Å². The summed E-state index contributed by atoms with van der Waals surface area (Å²) in [6.07, 6.45) is 1.36. The van der Waals surface area contributed by atoms with Gasteiger partial charge in [-0.15, -0.1) is 0 Å². The first kappa shape index (κ1) is 16.8. The fourth-order valence-corrected chi connectivity index (χ4v) is 3.49. The van der Waals surface area contributed by atoms with E-state index in [0.717, 1.165) is 0 Å². The first-order valence-corrected chi connectivity index (χ1v) is 8.28. The van der Waals surface area contributed by atoms with Crippen molar-refractivity contribution in [3.63, 3.8) is 0 Å². The van der Waals surface area contributed by atoms with Crippen LogP contribution in [0.4, 0.5) is 10.1 Å². The van der Waals surface area contributed by atoms with Crippen molar-refractivity contribution >= 4 is 17.6 Å². The number of carbonyl (C=O) groups excluding carboxylic acids is 1. The Balaban J connectivity index is 2.01. The molecule has 1 atom stereocenters. The molecule has 0 saturated heterocycles. The van der Waals surface area contributed by atoms with Crippen molar-refractivity contribution in [1.29, 1.82) is 0 Å². The van der Waals surface area contributed by atoms with Gasteiger partial charge in [-0.05, 0) is 29.8 Å². The Hall–Kier alpha value is -3.61. The van der Waals surface area contributed by atoms with E-state index >= 15 is 0 Å². The molecule has 2 heterocycles. The fourth-order valence-electron chi connectivity index (χ4n) is 3.49. The molecule has 0 radical (unpaired) electrons. The highest BCUT2D eigenvalue weighted by Crippen LogP contribution is 2.42. The van der Waals surface area contributed by atoms with Gasteiger partial charge in [0.2, 0.25) is 5.91 Å². The van der Waals surface area contributed by atoms with Crippen molar-refractivity contribution in [3.05, 3.63) is 77.4 Å². The van der Waals surface area contributed by atoms with Crippen molar-refractivity contribution < 1.29 is 24.2 Å². The van der Waals surface area contributed by atoms with Crippen molar-refractivity contribution in [3.8, 4) is 11.4 Å². The molecule has 27 heavy (non-hydrogen) atoms. The van der Waals surface area contributed by atoms with E-state index in [0.29, 0.717) is 11.3 Å². The second-order valence-electron chi connectivity index (χ2n) is 6.33. The molecule has 7 heteroatoms. The Bertz CT molecular complexity index is 1070. The molecule has 0 unspecified atom stereocenters.